The Balaban J connectivity index is 1.31. The Morgan fingerprint density at radius 2 is 1.48 bits per heavy atom. The van der Waals surface area contributed by atoms with Crippen molar-refractivity contribution in [3.63, 3.8) is 0 Å². The van der Waals surface area contributed by atoms with Gasteiger partial charge < -0.3 is 10.0 Å². The number of anilines is 1. The third-order valence-corrected chi connectivity index (χ3v) is 6.87. The lowest BCUT2D eigenvalue weighted by Gasteiger charge is -2.36. The molecule has 0 amide bonds. The van der Waals surface area contributed by atoms with E-state index < -0.39 is 5.60 Å². The average Bonchev–Trinajstić information content (AvgIpc) is 3.44. The van der Waals surface area contributed by atoms with Gasteiger partial charge in [-0.15, -0.1) is 0 Å². The predicted octanol–water partition coefficient (Wildman–Crippen LogP) is 4.65. The SMILES string of the molecule is OC(CCCN1CCN(c2ccccc2)CC1)(c1ccsc1)c1ccsc1. The molecular formula is C22H26N2OS2. The molecule has 0 bridgehead atoms. The van der Waals surface area contributed by atoms with Crippen LogP contribution in [-0.2, 0) is 5.60 Å². The van der Waals surface area contributed by atoms with Gasteiger partial charge in [0.2, 0.25) is 0 Å². The summed E-state index contributed by atoms with van der Waals surface area (Å²) in [6.07, 6.45) is 1.76. The smallest absolute Gasteiger partial charge is 0.116 e. The summed E-state index contributed by atoms with van der Waals surface area (Å²) >= 11 is 3.30. The van der Waals surface area contributed by atoms with E-state index in [2.05, 4.69) is 73.8 Å². The largest absolute Gasteiger partial charge is 0.380 e. The Hall–Kier alpha value is -1.66. The molecule has 142 valence electrons. The Kier molecular flexibility index (Phi) is 5.93. The quantitative estimate of drug-likeness (QED) is 0.628. The van der Waals surface area contributed by atoms with Gasteiger partial charge in [-0.2, -0.15) is 22.7 Å². The summed E-state index contributed by atoms with van der Waals surface area (Å²) < 4.78 is 0. The minimum atomic E-state index is -0.855. The molecule has 3 aromatic rings. The van der Waals surface area contributed by atoms with Crippen molar-refractivity contribution >= 4 is 28.4 Å². The van der Waals surface area contributed by atoms with Gasteiger partial charge in [0.25, 0.3) is 0 Å². The molecule has 2 aromatic heterocycles. The van der Waals surface area contributed by atoms with Crippen LogP contribution in [0, 0.1) is 0 Å². The number of nitrogens with zero attached hydrogens (tertiary/aromatic N) is 2. The van der Waals surface area contributed by atoms with E-state index in [9.17, 15) is 5.11 Å². The highest BCUT2D eigenvalue weighted by molar-refractivity contribution is 7.08. The van der Waals surface area contributed by atoms with Crippen LogP contribution in [0.5, 0.6) is 0 Å². The molecule has 1 aromatic carbocycles. The average molecular weight is 399 g/mol. The van der Waals surface area contributed by atoms with Crippen LogP contribution in [0.3, 0.4) is 0 Å². The number of benzene rings is 1. The summed E-state index contributed by atoms with van der Waals surface area (Å²) in [7, 11) is 0. The van der Waals surface area contributed by atoms with E-state index >= 15 is 0 Å². The van der Waals surface area contributed by atoms with Crippen LogP contribution >= 0.6 is 22.7 Å². The summed E-state index contributed by atoms with van der Waals surface area (Å²) in [6, 6.07) is 14.8. The molecular weight excluding hydrogens is 372 g/mol. The van der Waals surface area contributed by atoms with Crippen molar-refractivity contribution in [2.45, 2.75) is 18.4 Å². The van der Waals surface area contributed by atoms with Gasteiger partial charge in [0.1, 0.15) is 5.60 Å². The minimum Gasteiger partial charge on any atom is -0.380 e. The zero-order valence-electron chi connectivity index (χ0n) is 15.5. The Labute approximate surface area is 169 Å². The summed E-state index contributed by atoms with van der Waals surface area (Å²) in [6.45, 7) is 5.36. The van der Waals surface area contributed by atoms with Crippen molar-refractivity contribution in [1.82, 2.24) is 4.90 Å². The summed E-state index contributed by atoms with van der Waals surface area (Å²) in [5.41, 5.74) is 2.52. The zero-order chi connectivity index (χ0) is 18.5. The molecule has 0 spiro atoms. The molecule has 1 aliphatic heterocycles. The third-order valence-electron chi connectivity index (χ3n) is 5.50. The van der Waals surface area contributed by atoms with Gasteiger partial charge in [-0.3, -0.25) is 4.90 Å². The number of hydrogen-bond donors (Lipinski definition) is 1. The zero-order valence-corrected chi connectivity index (χ0v) is 17.1. The van der Waals surface area contributed by atoms with Gasteiger partial charge in [-0.05, 0) is 76.3 Å². The van der Waals surface area contributed by atoms with Gasteiger partial charge in [0.15, 0.2) is 0 Å². The predicted molar refractivity (Wildman–Crippen MR) is 116 cm³/mol. The molecule has 1 aliphatic rings. The molecule has 1 fully saturated rings. The molecule has 1 saturated heterocycles. The van der Waals surface area contributed by atoms with Crippen molar-refractivity contribution in [2.24, 2.45) is 0 Å². The van der Waals surface area contributed by atoms with Crippen LogP contribution in [0.4, 0.5) is 5.69 Å². The molecule has 3 heterocycles. The number of para-hydroxylation sites is 1. The van der Waals surface area contributed by atoms with E-state index in [1.807, 2.05) is 0 Å². The number of thiophene rings is 2. The van der Waals surface area contributed by atoms with Crippen LogP contribution in [0.1, 0.15) is 24.0 Å². The Morgan fingerprint density at radius 3 is 2.04 bits per heavy atom. The normalized spacial score (nSPS) is 16.0. The summed E-state index contributed by atoms with van der Waals surface area (Å²) in [5, 5.41) is 19.7. The van der Waals surface area contributed by atoms with Crippen molar-refractivity contribution in [3.05, 3.63) is 75.1 Å². The van der Waals surface area contributed by atoms with Crippen molar-refractivity contribution < 1.29 is 5.11 Å². The molecule has 0 saturated carbocycles. The van der Waals surface area contributed by atoms with Gasteiger partial charge in [0.05, 0.1) is 0 Å². The van der Waals surface area contributed by atoms with E-state index in [0.29, 0.717) is 0 Å². The van der Waals surface area contributed by atoms with Crippen LogP contribution in [-0.4, -0.2) is 42.7 Å². The first-order valence-electron chi connectivity index (χ1n) is 9.56. The van der Waals surface area contributed by atoms with Gasteiger partial charge >= 0.3 is 0 Å². The van der Waals surface area contributed by atoms with E-state index in [-0.39, 0.29) is 0 Å². The van der Waals surface area contributed by atoms with Crippen molar-refractivity contribution in [3.8, 4) is 0 Å². The van der Waals surface area contributed by atoms with Crippen molar-refractivity contribution in [2.75, 3.05) is 37.6 Å². The molecule has 0 atom stereocenters. The minimum absolute atomic E-state index is 0.763. The molecule has 0 aliphatic carbocycles. The fourth-order valence-electron chi connectivity index (χ4n) is 3.88. The Bertz CT molecular complexity index is 760. The standard InChI is InChI=1S/C22H26N2OS2/c25-22(19-7-15-26-17-19,20-8-16-27-18-20)9-4-10-23-11-13-24(14-12-23)21-5-2-1-3-6-21/h1-3,5-8,15-18,25H,4,9-14H2. The first-order chi connectivity index (χ1) is 13.3. The van der Waals surface area contributed by atoms with Crippen LogP contribution in [0.15, 0.2) is 64.0 Å². The van der Waals surface area contributed by atoms with E-state index in [0.717, 1.165) is 56.7 Å². The fraction of sp³-hybridized carbons (Fsp3) is 0.364. The summed E-state index contributed by atoms with van der Waals surface area (Å²) in [5.74, 6) is 0. The fourth-order valence-corrected chi connectivity index (χ4v) is 5.33. The van der Waals surface area contributed by atoms with Gasteiger partial charge in [0, 0.05) is 31.9 Å². The van der Waals surface area contributed by atoms with E-state index in [1.165, 1.54) is 5.69 Å². The van der Waals surface area contributed by atoms with Gasteiger partial charge in [-0.25, -0.2) is 0 Å². The maximum absolute atomic E-state index is 11.4. The van der Waals surface area contributed by atoms with Gasteiger partial charge in [-0.1, -0.05) is 18.2 Å². The molecule has 0 unspecified atom stereocenters. The second-order valence-electron chi connectivity index (χ2n) is 7.15. The first-order valence-corrected chi connectivity index (χ1v) is 11.4. The number of rotatable bonds is 7. The van der Waals surface area contributed by atoms with Crippen molar-refractivity contribution in [1.29, 1.82) is 0 Å². The van der Waals surface area contributed by atoms with Crippen LogP contribution in [0.2, 0.25) is 0 Å². The maximum Gasteiger partial charge on any atom is 0.116 e. The Morgan fingerprint density at radius 1 is 0.852 bits per heavy atom. The lowest BCUT2D eigenvalue weighted by Crippen LogP contribution is -2.46. The first kappa shape index (κ1) is 18.7. The molecule has 4 rings (SSSR count). The lowest BCUT2D eigenvalue weighted by atomic mass is 9.85. The molecule has 1 N–H and O–H groups in total. The number of aliphatic hydroxyl groups is 1. The third kappa shape index (κ3) is 4.27. The highest BCUT2D eigenvalue weighted by Crippen LogP contribution is 2.36. The number of piperazine rings is 1. The van der Waals surface area contributed by atoms with E-state index in [4.69, 9.17) is 0 Å². The summed E-state index contributed by atoms with van der Waals surface area (Å²) in [4.78, 5) is 4.99. The molecule has 5 heteroatoms. The second kappa shape index (κ2) is 8.57. The maximum atomic E-state index is 11.4. The molecule has 3 nitrogen and oxygen atoms in total. The number of hydrogen-bond acceptors (Lipinski definition) is 5. The van der Waals surface area contributed by atoms with Crippen LogP contribution in [0.25, 0.3) is 0 Å². The van der Waals surface area contributed by atoms with E-state index in [1.54, 1.807) is 22.7 Å². The van der Waals surface area contributed by atoms with Crippen LogP contribution < -0.4 is 4.90 Å². The monoisotopic (exact) mass is 398 g/mol. The highest BCUT2D eigenvalue weighted by atomic mass is 32.1. The highest BCUT2D eigenvalue weighted by Gasteiger charge is 2.32. The topological polar surface area (TPSA) is 26.7 Å². The molecule has 27 heavy (non-hydrogen) atoms. The molecule has 0 radical (unpaired) electrons. The second-order valence-corrected chi connectivity index (χ2v) is 8.71. The lowest BCUT2D eigenvalue weighted by molar-refractivity contribution is 0.0653.